The van der Waals surface area contributed by atoms with Gasteiger partial charge in [-0.1, -0.05) is 29.3 Å². The summed E-state index contributed by atoms with van der Waals surface area (Å²) in [4.78, 5) is 22.7. The molecule has 144 valence electrons. The average Bonchev–Trinajstić information content (AvgIpc) is 2.58. The standard InChI is InChI=1S/C17H15Cl3N2O4S/c1-10(17(20)24)22(15-5-3-4-14(18)16(15)19)27(25,26)13-8-6-12(7-9-13)21-11(2)23/h3-10H,1-2H3,(H,21,23). The summed E-state index contributed by atoms with van der Waals surface area (Å²) in [5.41, 5.74) is 0.451. The van der Waals surface area contributed by atoms with Gasteiger partial charge in [-0.25, -0.2) is 8.42 Å². The van der Waals surface area contributed by atoms with Crippen molar-refractivity contribution in [1.29, 1.82) is 0 Å². The van der Waals surface area contributed by atoms with Crippen molar-refractivity contribution in [1.82, 2.24) is 0 Å². The summed E-state index contributed by atoms with van der Waals surface area (Å²) in [7, 11) is -4.21. The summed E-state index contributed by atoms with van der Waals surface area (Å²) in [5, 5.41) is 1.76. The molecule has 0 aliphatic carbocycles. The number of anilines is 2. The summed E-state index contributed by atoms with van der Waals surface area (Å²) in [6.45, 7) is 2.68. The minimum absolute atomic E-state index is 0.0246. The SMILES string of the molecule is CC(=O)Nc1ccc(S(=O)(=O)N(c2cccc(Cl)c2Cl)C(C)C(=O)Cl)cc1. The van der Waals surface area contributed by atoms with Gasteiger partial charge in [0.05, 0.1) is 20.6 Å². The molecule has 2 aromatic rings. The maximum Gasteiger partial charge on any atom is 0.265 e. The van der Waals surface area contributed by atoms with Gasteiger partial charge in [-0.3, -0.25) is 13.9 Å². The number of rotatable bonds is 6. The Bertz CT molecular complexity index is 978. The van der Waals surface area contributed by atoms with Gasteiger partial charge in [-0.15, -0.1) is 0 Å². The number of hydrogen-bond acceptors (Lipinski definition) is 4. The Balaban J connectivity index is 2.59. The van der Waals surface area contributed by atoms with E-state index < -0.39 is 21.3 Å². The van der Waals surface area contributed by atoms with E-state index in [1.54, 1.807) is 0 Å². The smallest absolute Gasteiger partial charge is 0.265 e. The van der Waals surface area contributed by atoms with Gasteiger partial charge in [0.1, 0.15) is 6.04 Å². The van der Waals surface area contributed by atoms with Gasteiger partial charge in [0, 0.05) is 12.6 Å². The molecule has 0 saturated heterocycles. The van der Waals surface area contributed by atoms with E-state index in [-0.39, 0.29) is 26.5 Å². The van der Waals surface area contributed by atoms with Crippen LogP contribution in [-0.4, -0.2) is 25.6 Å². The zero-order valence-corrected chi connectivity index (χ0v) is 17.3. The molecule has 0 spiro atoms. The number of amides is 1. The van der Waals surface area contributed by atoms with Crippen LogP contribution in [0.3, 0.4) is 0 Å². The second-order valence-corrected chi connectivity index (χ2v) is 8.53. The summed E-state index contributed by atoms with van der Waals surface area (Å²) in [5.74, 6) is -0.292. The minimum atomic E-state index is -4.21. The second kappa shape index (κ2) is 8.48. The summed E-state index contributed by atoms with van der Waals surface area (Å²) in [6.07, 6.45) is 0. The maximum atomic E-state index is 13.2. The van der Waals surface area contributed by atoms with Crippen molar-refractivity contribution in [3.05, 3.63) is 52.5 Å². The fourth-order valence-corrected chi connectivity index (χ4v) is 4.55. The first-order valence-corrected chi connectivity index (χ1v) is 10.2. The fraction of sp³-hybridized carbons (Fsp3) is 0.176. The highest BCUT2D eigenvalue weighted by molar-refractivity contribution is 7.93. The Labute approximate surface area is 172 Å². The Morgan fingerprint density at radius 1 is 1.07 bits per heavy atom. The fourth-order valence-electron chi connectivity index (χ4n) is 2.33. The van der Waals surface area contributed by atoms with E-state index in [1.807, 2.05) is 0 Å². The molecule has 1 unspecified atom stereocenters. The van der Waals surface area contributed by atoms with Crippen LogP contribution in [0.4, 0.5) is 11.4 Å². The van der Waals surface area contributed by atoms with Crippen LogP contribution in [0.5, 0.6) is 0 Å². The highest BCUT2D eigenvalue weighted by atomic mass is 35.5. The van der Waals surface area contributed by atoms with Gasteiger partial charge in [-0.2, -0.15) is 0 Å². The molecule has 0 radical (unpaired) electrons. The number of carbonyl (C=O) groups excluding carboxylic acids is 2. The van der Waals surface area contributed by atoms with E-state index in [1.165, 1.54) is 56.3 Å². The Morgan fingerprint density at radius 2 is 1.67 bits per heavy atom. The third-order valence-corrected chi connectivity index (χ3v) is 6.60. The second-order valence-electron chi connectivity index (χ2n) is 5.56. The van der Waals surface area contributed by atoms with Crippen LogP contribution in [0.15, 0.2) is 47.4 Å². The van der Waals surface area contributed by atoms with Crippen LogP contribution in [0.2, 0.25) is 10.0 Å². The van der Waals surface area contributed by atoms with Crippen molar-refractivity contribution in [3.8, 4) is 0 Å². The molecule has 0 aliphatic rings. The van der Waals surface area contributed by atoms with Crippen LogP contribution < -0.4 is 9.62 Å². The van der Waals surface area contributed by atoms with Crippen molar-refractivity contribution in [3.63, 3.8) is 0 Å². The lowest BCUT2D eigenvalue weighted by atomic mass is 10.3. The number of hydrogen-bond donors (Lipinski definition) is 1. The number of sulfonamides is 1. The van der Waals surface area contributed by atoms with Crippen molar-refractivity contribution >= 4 is 67.4 Å². The molecule has 2 aromatic carbocycles. The normalized spacial score (nSPS) is 12.3. The Kier molecular flexibility index (Phi) is 6.75. The number of nitrogens with one attached hydrogen (secondary N) is 1. The van der Waals surface area contributed by atoms with E-state index in [4.69, 9.17) is 34.8 Å². The number of carbonyl (C=O) groups is 2. The summed E-state index contributed by atoms with van der Waals surface area (Å²) in [6, 6.07) is 8.66. The zero-order valence-electron chi connectivity index (χ0n) is 14.2. The van der Waals surface area contributed by atoms with E-state index in [0.717, 1.165) is 4.31 Å². The molecule has 1 amide bonds. The Morgan fingerprint density at radius 3 is 2.19 bits per heavy atom. The zero-order chi connectivity index (χ0) is 20.4. The molecule has 1 N–H and O–H groups in total. The summed E-state index contributed by atoms with van der Waals surface area (Å²) < 4.78 is 27.2. The van der Waals surface area contributed by atoms with E-state index in [9.17, 15) is 18.0 Å². The van der Waals surface area contributed by atoms with E-state index >= 15 is 0 Å². The minimum Gasteiger partial charge on any atom is -0.326 e. The van der Waals surface area contributed by atoms with Crippen molar-refractivity contribution in [2.24, 2.45) is 0 Å². The molecule has 0 bridgehead atoms. The van der Waals surface area contributed by atoms with Crippen molar-refractivity contribution in [2.45, 2.75) is 24.8 Å². The van der Waals surface area contributed by atoms with E-state index in [2.05, 4.69) is 5.32 Å². The Hall–Kier alpha value is -1.80. The van der Waals surface area contributed by atoms with E-state index in [0.29, 0.717) is 5.69 Å². The van der Waals surface area contributed by atoms with Gasteiger partial charge in [0.25, 0.3) is 10.0 Å². The lowest BCUT2D eigenvalue weighted by Gasteiger charge is -2.29. The molecule has 0 aliphatic heterocycles. The largest absolute Gasteiger partial charge is 0.326 e. The van der Waals surface area contributed by atoms with Gasteiger partial charge < -0.3 is 5.32 Å². The number of benzene rings is 2. The van der Waals surface area contributed by atoms with Crippen LogP contribution in [0, 0.1) is 0 Å². The molecule has 27 heavy (non-hydrogen) atoms. The molecule has 0 aromatic heterocycles. The molecule has 0 heterocycles. The topological polar surface area (TPSA) is 83.6 Å². The first kappa shape index (κ1) is 21.5. The highest BCUT2D eigenvalue weighted by Crippen LogP contribution is 2.37. The molecule has 10 heteroatoms. The van der Waals surface area contributed by atoms with Crippen LogP contribution in [0.25, 0.3) is 0 Å². The lowest BCUT2D eigenvalue weighted by molar-refractivity contribution is -0.114. The van der Waals surface area contributed by atoms with Crippen molar-refractivity contribution in [2.75, 3.05) is 9.62 Å². The summed E-state index contributed by atoms with van der Waals surface area (Å²) >= 11 is 17.7. The predicted molar refractivity (Wildman–Crippen MR) is 107 cm³/mol. The van der Waals surface area contributed by atoms with Gasteiger partial charge in [-0.05, 0) is 54.9 Å². The third kappa shape index (κ3) is 4.73. The number of nitrogens with zero attached hydrogens (tertiary/aromatic N) is 1. The van der Waals surface area contributed by atoms with Crippen molar-refractivity contribution < 1.29 is 18.0 Å². The van der Waals surface area contributed by atoms with Crippen LogP contribution in [0.1, 0.15) is 13.8 Å². The first-order chi connectivity index (χ1) is 12.6. The quantitative estimate of drug-likeness (QED) is 0.666. The predicted octanol–water partition coefficient (Wildman–Crippen LogP) is 4.30. The first-order valence-electron chi connectivity index (χ1n) is 7.61. The molecule has 1 atom stereocenters. The molecular weight excluding hydrogens is 435 g/mol. The monoisotopic (exact) mass is 448 g/mol. The third-order valence-electron chi connectivity index (χ3n) is 3.58. The maximum absolute atomic E-state index is 13.2. The molecule has 0 fully saturated rings. The van der Waals surface area contributed by atoms with Crippen LogP contribution >= 0.6 is 34.8 Å². The number of halogens is 3. The van der Waals surface area contributed by atoms with Gasteiger partial charge in [0.2, 0.25) is 11.1 Å². The average molecular weight is 450 g/mol. The molecule has 0 saturated carbocycles. The van der Waals surface area contributed by atoms with Crippen LogP contribution in [-0.2, 0) is 19.6 Å². The lowest BCUT2D eigenvalue weighted by Crippen LogP contribution is -2.42. The van der Waals surface area contributed by atoms with Gasteiger partial charge >= 0.3 is 0 Å². The molecule has 6 nitrogen and oxygen atoms in total. The molecule has 2 rings (SSSR count). The highest BCUT2D eigenvalue weighted by Gasteiger charge is 2.34. The van der Waals surface area contributed by atoms with Gasteiger partial charge in [0.15, 0.2) is 0 Å². The molecular formula is C17H15Cl3N2O4S.